The topological polar surface area (TPSA) is 83.7 Å². The maximum Gasteiger partial charge on any atom is 0.291 e. The quantitative estimate of drug-likeness (QED) is 0.583. The molecule has 2 amide bonds. The molecule has 3 aromatic rings. The van der Waals surface area contributed by atoms with Gasteiger partial charge in [-0.3, -0.25) is 9.59 Å². The Bertz CT molecular complexity index is 1120. The molecule has 2 N–H and O–H groups in total. The van der Waals surface area contributed by atoms with Gasteiger partial charge in [0.1, 0.15) is 5.76 Å². The van der Waals surface area contributed by atoms with Gasteiger partial charge in [0, 0.05) is 33.8 Å². The third-order valence-corrected chi connectivity index (χ3v) is 5.21. The predicted molar refractivity (Wildman–Crippen MR) is 116 cm³/mol. The van der Waals surface area contributed by atoms with Crippen molar-refractivity contribution < 1.29 is 14.0 Å². The van der Waals surface area contributed by atoms with Gasteiger partial charge in [0.2, 0.25) is 0 Å². The summed E-state index contributed by atoms with van der Waals surface area (Å²) in [6, 6.07) is 15.8. The molecule has 152 valence electrons. The lowest BCUT2D eigenvalue weighted by Gasteiger charge is -2.13. The molecular formula is C23H20ClN3O3. The highest BCUT2D eigenvalue weighted by Crippen LogP contribution is 2.30. The van der Waals surface area contributed by atoms with Crippen LogP contribution in [-0.4, -0.2) is 17.5 Å². The van der Waals surface area contributed by atoms with Crippen molar-refractivity contribution in [1.82, 2.24) is 5.43 Å². The van der Waals surface area contributed by atoms with Gasteiger partial charge in [-0.05, 0) is 56.2 Å². The summed E-state index contributed by atoms with van der Waals surface area (Å²) in [4.78, 5) is 25.1. The van der Waals surface area contributed by atoms with Crippen LogP contribution in [0, 0.1) is 6.92 Å². The van der Waals surface area contributed by atoms with E-state index in [2.05, 4.69) is 15.8 Å². The summed E-state index contributed by atoms with van der Waals surface area (Å²) in [5.41, 5.74) is 6.00. The number of hydrogen-bond donors (Lipinski definition) is 2. The first-order valence-corrected chi connectivity index (χ1v) is 10.0. The van der Waals surface area contributed by atoms with Crippen LogP contribution in [-0.2, 0) is 6.42 Å². The van der Waals surface area contributed by atoms with E-state index < -0.39 is 0 Å². The predicted octanol–water partition coefficient (Wildman–Crippen LogP) is 4.96. The van der Waals surface area contributed by atoms with Gasteiger partial charge in [-0.2, -0.15) is 5.10 Å². The Hall–Kier alpha value is -3.38. The van der Waals surface area contributed by atoms with Crippen molar-refractivity contribution in [2.75, 3.05) is 5.32 Å². The molecule has 0 unspecified atom stereocenters. The molecule has 4 rings (SSSR count). The van der Waals surface area contributed by atoms with Crippen LogP contribution in [0.2, 0.25) is 5.02 Å². The molecule has 1 aliphatic rings. The third kappa shape index (κ3) is 4.14. The monoisotopic (exact) mass is 421 g/mol. The van der Waals surface area contributed by atoms with Crippen LogP contribution in [0.4, 0.5) is 5.69 Å². The molecule has 2 aromatic carbocycles. The van der Waals surface area contributed by atoms with E-state index in [9.17, 15) is 9.59 Å². The first kappa shape index (κ1) is 19.9. The molecule has 1 aliphatic carbocycles. The van der Waals surface area contributed by atoms with Crippen molar-refractivity contribution in [3.8, 4) is 0 Å². The van der Waals surface area contributed by atoms with Crippen LogP contribution in [0.5, 0.6) is 0 Å². The number of rotatable bonds is 4. The molecule has 0 fully saturated rings. The van der Waals surface area contributed by atoms with Gasteiger partial charge in [0.25, 0.3) is 11.8 Å². The summed E-state index contributed by atoms with van der Waals surface area (Å²) < 4.78 is 5.88. The lowest BCUT2D eigenvalue weighted by atomic mass is 9.93. The number of hydrazone groups is 1. The third-order valence-electron chi connectivity index (χ3n) is 4.96. The summed E-state index contributed by atoms with van der Waals surface area (Å²) in [6.07, 6.45) is 2.25. The molecule has 30 heavy (non-hydrogen) atoms. The average Bonchev–Trinajstić information content (AvgIpc) is 3.11. The van der Waals surface area contributed by atoms with E-state index in [4.69, 9.17) is 16.0 Å². The van der Waals surface area contributed by atoms with Gasteiger partial charge < -0.3 is 9.73 Å². The minimum Gasteiger partial charge on any atom is -0.455 e. The molecular weight excluding hydrogens is 402 g/mol. The largest absolute Gasteiger partial charge is 0.455 e. The van der Waals surface area contributed by atoms with Crippen LogP contribution in [0.3, 0.4) is 0 Å². The van der Waals surface area contributed by atoms with E-state index in [-0.39, 0.29) is 17.6 Å². The van der Waals surface area contributed by atoms with E-state index in [1.807, 2.05) is 13.0 Å². The molecule has 0 aliphatic heterocycles. The highest BCUT2D eigenvalue weighted by Gasteiger charge is 2.28. The Kier molecular flexibility index (Phi) is 5.68. The van der Waals surface area contributed by atoms with E-state index in [1.54, 1.807) is 48.5 Å². The highest BCUT2D eigenvalue weighted by atomic mass is 35.5. The summed E-state index contributed by atoms with van der Waals surface area (Å²) in [5.74, 6) is 0.348. The number of nitrogens with one attached hydrogen (secondary N) is 2. The summed E-state index contributed by atoms with van der Waals surface area (Å²) in [7, 11) is 0. The number of carbonyl (C=O) groups excluding carboxylic acids is 2. The van der Waals surface area contributed by atoms with Gasteiger partial charge in [0.05, 0.1) is 5.71 Å². The fraction of sp³-hybridized carbons (Fsp3) is 0.174. The lowest BCUT2D eigenvalue weighted by Crippen LogP contribution is -2.22. The molecule has 0 saturated heterocycles. The molecule has 1 heterocycles. The van der Waals surface area contributed by atoms with Crippen LogP contribution < -0.4 is 10.7 Å². The van der Waals surface area contributed by atoms with E-state index in [1.165, 1.54) is 0 Å². The van der Waals surface area contributed by atoms with Crippen molar-refractivity contribution in [1.29, 1.82) is 0 Å². The van der Waals surface area contributed by atoms with Crippen molar-refractivity contribution in [3.63, 3.8) is 0 Å². The number of amides is 2. The van der Waals surface area contributed by atoms with Crippen LogP contribution in [0.15, 0.2) is 64.1 Å². The van der Waals surface area contributed by atoms with Crippen molar-refractivity contribution in [2.24, 2.45) is 5.10 Å². The molecule has 0 spiro atoms. The minimum atomic E-state index is -0.336. The first-order chi connectivity index (χ1) is 14.5. The second-order valence-electron chi connectivity index (χ2n) is 7.03. The van der Waals surface area contributed by atoms with Crippen molar-refractivity contribution >= 4 is 34.8 Å². The van der Waals surface area contributed by atoms with Gasteiger partial charge in [-0.15, -0.1) is 0 Å². The molecule has 0 radical (unpaired) electrons. The summed E-state index contributed by atoms with van der Waals surface area (Å²) in [6.45, 7) is 1.83. The number of aryl methyl sites for hydroxylation is 1. The molecule has 7 heteroatoms. The van der Waals surface area contributed by atoms with Crippen molar-refractivity contribution in [2.45, 2.75) is 26.2 Å². The Labute approximate surface area is 178 Å². The van der Waals surface area contributed by atoms with E-state index in [0.717, 1.165) is 18.4 Å². The number of benzene rings is 2. The minimum absolute atomic E-state index is 0.249. The molecule has 1 aromatic heterocycles. The number of carbonyl (C=O) groups is 2. The number of nitrogens with zero attached hydrogens (tertiary/aromatic N) is 1. The molecule has 0 atom stereocenters. The molecule has 0 saturated carbocycles. The number of furan rings is 1. The number of anilines is 1. The number of fused-ring (bicyclic) bond motifs is 1. The SMILES string of the molecule is Cc1c(C(=O)Nc2ccc(Cl)cc2)oc2c1/C(=N/NC(=O)c1ccccc1)CCC2. The number of halogens is 1. The zero-order chi connectivity index (χ0) is 21.1. The fourth-order valence-corrected chi connectivity index (χ4v) is 3.62. The van der Waals surface area contributed by atoms with Crippen LogP contribution >= 0.6 is 11.6 Å². The lowest BCUT2D eigenvalue weighted by molar-refractivity contribution is 0.0953. The maximum absolute atomic E-state index is 12.7. The fourth-order valence-electron chi connectivity index (χ4n) is 3.49. The van der Waals surface area contributed by atoms with Crippen LogP contribution in [0.25, 0.3) is 0 Å². The second-order valence-corrected chi connectivity index (χ2v) is 7.47. The van der Waals surface area contributed by atoms with E-state index in [0.29, 0.717) is 39.7 Å². The Balaban J connectivity index is 1.56. The summed E-state index contributed by atoms with van der Waals surface area (Å²) in [5, 5.41) is 7.75. The molecule has 0 bridgehead atoms. The van der Waals surface area contributed by atoms with Crippen molar-refractivity contribution in [3.05, 3.63) is 87.8 Å². The molecule has 6 nitrogen and oxygen atoms in total. The Morgan fingerprint density at radius 3 is 2.47 bits per heavy atom. The van der Waals surface area contributed by atoms with E-state index >= 15 is 0 Å². The zero-order valence-corrected chi connectivity index (χ0v) is 17.1. The smallest absolute Gasteiger partial charge is 0.291 e. The zero-order valence-electron chi connectivity index (χ0n) is 16.4. The Morgan fingerprint density at radius 2 is 1.73 bits per heavy atom. The summed E-state index contributed by atoms with van der Waals surface area (Å²) >= 11 is 5.89. The van der Waals surface area contributed by atoms with Crippen LogP contribution in [0.1, 0.15) is 50.6 Å². The average molecular weight is 422 g/mol. The number of hydrogen-bond acceptors (Lipinski definition) is 4. The van der Waals surface area contributed by atoms with Gasteiger partial charge in [0.15, 0.2) is 5.76 Å². The standard InChI is InChI=1S/C23H20ClN3O3/c1-14-20-18(26-27-22(28)15-6-3-2-4-7-15)8-5-9-19(20)30-21(14)23(29)25-17-12-10-16(24)11-13-17/h2-4,6-7,10-13H,5,8-9H2,1H3,(H,25,29)(H,27,28)/b26-18+. The van der Waals surface area contributed by atoms with Gasteiger partial charge >= 0.3 is 0 Å². The highest BCUT2D eigenvalue weighted by molar-refractivity contribution is 6.30. The maximum atomic E-state index is 12.7. The first-order valence-electron chi connectivity index (χ1n) is 9.64. The van der Waals surface area contributed by atoms with Gasteiger partial charge in [-0.25, -0.2) is 5.43 Å². The van der Waals surface area contributed by atoms with Gasteiger partial charge in [-0.1, -0.05) is 29.8 Å². The second kappa shape index (κ2) is 8.55. The normalized spacial score (nSPS) is 14.3. The Morgan fingerprint density at radius 1 is 1.00 bits per heavy atom.